The first-order valence-electron chi connectivity index (χ1n) is 11.8. The van der Waals surface area contributed by atoms with Crippen molar-refractivity contribution in [3.8, 4) is 0 Å². The Morgan fingerprint density at radius 1 is 1.15 bits per heavy atom. The van der Waals surface area contributed by atoms with Gasteiger partial charge in [0.15, 0.2) is 11.4 Å². The largest absolute Gasteiger partial charge is 0.449 e. The number of ether oxygens (including phenoxy) is 1. The Labute approximate surface area is 198 Å². The molecule has 0 unspecified atom stereocenters. The van der Waals surface area contributed by atoms with Gasteiger partial charge in [-0.3, -0.25) is 14.7 Å². The average Bonchev–Trinajstić information content (AvgIpc) is 3.12. The van der Waals surface area contributed by atoms with Gasteiger partial charge in [-0.25, -0.2) is 9.59 Å². The van der Waals surface area contributed by atoms with Crippen LogP contribution in [0.1, 0.15) is 49.0 Å². The third kappa shape index (κ3) is 5.94. The second kappa shape index (κ2) is 10.7. The van der Waals surface area contributed by atoms with Gasteiger partial charge in [-0.15, -0.1) is 0 Å². The van der Waals surface area contributed by atoms with Crippen molar-refractivity contribution < 1.29 is 18.7 Å². The average molecular weight is 466 g/mol. The summed E-state index contributed by atoms with van der Waals surface area (Å²) >= 11 is 0. The molecule has 0 saturated carbocycles. The first-order chi connectivity index (χ1) is 16.4. The van der Waals surface area contributed by atoms with E-state index in [4.69, 9.17) is 9.15 Å². The van der Waals surface area contributed by atoms with Crippen molar-refractivity contribution in [1.29, 1.82) is 0 Å². The number of likely N-dealkylation sites (tertiary alicyclic amines) is 1. The van der Waals surface area contributed by atoms with Crippen LogP contribution in [0.2, 0.25) is 0 Å². The number of oxazole rings is 1. The zero-order valence-electron chi connectivity index (χ0n) is 19.7. The predicted octanol–water partition coefficient (Wildman–Crippen LogP) is 4.52. The number of fused-ring (bicyclic) bond motifs is 1. The lowest BCUT2D eigenvalue weighted by Gasteiger charge is -2.29. The zero-order valence-corrected chi connectivity index (χ0v) is 19.7. The van der Waals surface area contributed by atoms with Crippen LogP contribution in [0.3, 0.4) is 0 Å². The molecule has 0 aliphatic carbocycles. The molecule has 3 aromatic rings. The van der Waals surface area contributed by atoms with Crippen molar-refractivity contribution in [1.82, 2.24) is 9.47 Å². The Bertz CT molecular complexity index is 1220. The minimum atomic E-state index is -0.503. The lowest BCUT2D eigenvalue weighted by Crippen LogP contribution is -2.34. The van der Waals surface area contributed by atoms with Crippen molar-refractivity contribution in [3.05, 3.63) is 64.1 Å². The number of nitrogens with one attached hydrogen (secondary N) is 1. The van der Waals surface area contributed by atoms with Crippen molar-refractivity contribution in [2.75, 3.05) is 31.6 Å². The molecule has 2 aromatic carbocycles. The molecule has 4 rings (SSSR count). The summed E-state index contributed by atoms with van der Waals surface area (Å²) in [7, 11) is 0. The molecule has 34 heavy (non-hydrogen) atoms. The highest BCUT2D eigenvalue weighted by Crippen LogP contribution is 2.19. The summed E-state index contributed by atoms with van der Waals surface area (Å²) in [6, 6.07) is 12.2. The van der Waals surface area contributed by atoms with Gasteiger partial charge < -0.3 is 14.1 Å². The van der Waals surface area contributed by atoms with E-state index in [1.165, 1.54) is 24.3 Å². The van der Waals surface area contributed by atoms with Gasteiger partial charge in [0.05, 0.1) is 18.7 Å². The van der Waals surface area contributed by atoms with E-state index in [0.29, 0.717) is 29.0 Å². The fourth-order valence-corrected chi connectivity index (χ4v) is 4.26. The topological polar surface area (TPSA) is 93.8 Å². The van der Waals surface area contributed by atoms with Crippen LogP contribution in [-0.4, -0.2) is 47.6 Å². The van der Waals surface area contributed by atoms with Crippen molar-refractivity contribution in [3.63, 3.8) is 0 Å². The molecule has 1 aliphatic heterocycles. The molecule has 1 aliphatic rings. The van der Waals surface area contributed by atoms with Gasteiger partial charge in [0.25, 0.3) is 0 Å². The Morgan fingerprint density at radius 3 is 2.71 bits per heavy atom. The van der Waals surface area contributed by atoms with E-state index in [0.717, 1.165) is 37.5 Å². The smallest absolute Gasteiger partial charge is 0.420 e. The van der Waals surface area contributed by atoms with Gasteiger partial charge in [-0.2, -0.15) is 0 Å². The molecule has 0 spiro atoms. The number of carbonyl (C=O) groups excluding carboxylic acids is 2. The molecule has 180 valence electrons. The normalized spacial score (nSPS) is 14.9. The molecule has 1 fully saturated rings. The van der Waals surface area contributed by atoms with E-state index in [2.05, 4.69) is 17.1 Å². The number of hydrogen-bond donors (Lipinski definition) is 1. The van der Waals surface area contributed by atoms with Crippen LogP contribution in [0.15, 0.2) is 51.7 Å². The van der Waals surface area contributed by atoms with E-state index in [-0.39, 0.29) is 12.3 Å². The number of rotatable bonds is 8. The maximum atomic E-state index is 12.4. The quantitative estimate of drug-likeness (QED) is 0.388. The van der Waals surface area contributed by atoms with E-state index in [1.807, 2.05) is 12.1 Å². The lowest BCUT2D eigenvalue weighted by molar-refractivity contribution is 0.101. The van der Waals surface area contributed by atoms with E-state index in [1.54, 1.807) is 30.3 Å². The number of aromatic nitrogens is 1. The maximum absolute atomic E-state index is 12.4. The van der Waals surface area contributed by atoms with Gasteiger partial charge >= 0.3 is 11.8 Å². The maximum Gasteiger partial charge on any atom is 0.420 e. The zero-order chi connectivity index (χ0) is 24.1. The first kappa shape index (κ1) is 23.8. The molecule has 2 heterocycles. The van der Waals surface area contributed by atoms with Crippen LogP contribution < -0.4 is 11.1 Å². The van der Waals surface area contributed by atoms with Gasteiger partial charge in [0.2, 0.25) is 0 Å². The highest BCUT2D eigenvalue weighted by molar-refractivity contribution is 5.96. The summed E-state index contributed by atoms with van der Waals surface area (Å²) in [4.78, 5) is 38.6. The minimum Gasteiger partial charge on any atom is -0.449 e. The standard InChI is InChI=1S/C26H31N3O5/c1-18-9-12-28(13-10-18)11-4-14-33-25(31)27-22-6-3-5-20(15-22)17-29-23-8-7-21(19(2)30)16-24(23)34-26(29)32/h3,5-8,15-16,18H,4,9-14,17H2,1-2H3,(H,27,31). The van der Waals surface area contributed by atoms with Crippen LogP contribution in [0.4, 0.5) is 10.5 Å². The highest BCUT2D eigenvalue weighted by Gasteiger charge is 2.15. The van der Waals surface area contributed by atoms with Gasteiger partial charge in [-0.1, -0.05) is 19.1 Å². The molecule has 8 nitrogen and oxygen atoms in total. The van der Waals surface area contributed by atoms with Crippen LogP contribution >= 0.6 is 0 Å². The van der Waals surface area contributed by atoms with Crippen LogP contribution in [0.5, 0.6) is 0 Å². The summed E-state index contributed by atoms with van der Waals surface area (Å²) in [5.74, 6) is 0.209. The molecular formula is C26H31N3O5. The fraction of sp³-hybridized carbons (Fsp3) is 0.423. The van der Waals surface area contributed by atoms with E-state index in [9.17, 15) is 14.4 Å². The molecule has 0 bridgehead atoms. The SMILES string of the molecule is CC(=O)c1ccc2c(c1)oc(=O)n2Cc1cccc(NC(=O)OCCCN2CCC(C)CC2)c1. The number of benzene rings is 2. The summed E-state index contributed by atoms with van der Waals surface area (Å²) in [6.45, 7) is 7.58. The van der Waals surface area contributed by atoms with Crippen molar-refractivity contribution in [2.45, 2.75) is 39.7 Å². The van der Waals surface area contributed by atoms with Gasteiger partial charge in [0, 0.05) is 17.8 Å². The summed E-state index contributed by atoms with van der Waals surface area (Å²) in [6.07, 6.45) is 2.78. The fourth-order valence-electron chi connectivity index (χ4n) is 4.26. The number of Topliss-reactive ketones (excluding diaryl/α,β-unsaturated/α-hetero) is 1. The highest BCUT2D eigenvalue weighted by atomic mass is 16.5. The number of piperidine rings is 1. The third-order valence-corrected chi connectivity index (χ3v) is 6.32. The molecule has 1 aromatic heterocycles. The van der Waals surface area contributed by atoms with Gasteiger partial charge in [-0.05, 0) is 81.1 Å². The summed E-state index contributed by atoms with van der Waals surface area (Å²) < 4.78 is 12.2. The molecular weight excluding hydrogens is 434 g/mol. The number of anilines is 1. The van der Waals surface area contributed by atoms with Crippen LogP contribution in [0, 0.1) is 5.92 Å². The molecule has 1 N–H and O–H groups in total. The predicted molar refractivity (Wildman–Crippen MR) is 130 cm³/mol. The number of carbonyl (C=O) groups is 2. The second-order valence-electron chi connectivity index (χ2n) is 9.03. The van der Waals surface area contributed by atoms with Crippen LogP contribution in [0.25, 0.3) is 11.1 Å². The van der Waals surface area contributed by atoms with Crippen LogP contribution in [-0.2, 0) is 11.3 Å². The van der Waals surface area contributed by atoms with Crippen molar-refractivity contribution in [2.24, 2.45) is 5.92 Å². The number of nitrogens with zero attached hydrogens (tertiary/aromatic N) is 2. The minimum absolute atomic E-state index is 0.0934. The molecule has 0 radical (unpaired) electrons. The number of amides is 1. The number of ketones is 1. The van der Waals surface area contributed by atoms with Gasteiger partial charge in [0.1, 0.15) is 0 Å². The Balaban J connectivity index is 1.31. The molecule has 8 heteroatoms. The monoisotopic (exact) mass is 465 g/mol. The summed E-state index contributed by atoms with van der Waals surface area (Å²) in [5.41, 5.74) is 2.87. The van der Waals surface area contributed by atoms with E-state index >= 15 is 0 Å². The van der Waals surface area contributed by atoms with Crippen molar-refractivity contribution >= 4 is 28.7 Å². The summed E-state index contributed by atoms with van der Waals surface area (Å²) in [5, 5.41) is 2.75. The number of hydrogen-bond acceptors (Lipinski definition) is 6. The Kier molecular flexibility index (Phi) is 7.47. The third-order valence-electron chi connectivity index (χ3n) is 6.32. The first-order valence-corrected chi connectivity index (χ1v) is 11.8. The molecule has 1 saturated heterocycles. The second-order valence-corrected chi connectivity index (χ2v) is 9.03. The molecule has 0 atom stereocenters. The Morgan fingerprint density at radius 2 is 1.94 bits per heavy atom. The molecule has 1 amide bonds. The van der Waals surface area contributed by atoms with E-state index < -0.39 is 11.8 Å². The Hall–Kier alpha value is -3.39. The lowest BCUT2D eigenvalue weighted by atomic mass is 9.99.